The zero-order valence-corrected chi connectivity index (χ0v) is 32.5. The Labute approximate surface area is 333 Å². The lowest BCUT2D eigenvalue weighted by molar-refractivity contribution is -0.123. The SMILES string of the molecule is NCCCC[C@H](NC(=O)c1cccc(-n2cc(CCC(=O)CCOCCNC(=O)CCCC[C@@H]3SC[C@@H]4NC(=O)N[C@@H]43)nn2)c1)C(=O)COc1c(F)cccc1F. The minimum absolute atomic E-state index is 0.00745. The predicted molar refractivity (Wildman–Crippen MR) is 208 cm³/mol. The smallest absolute Gasteiger partial charge is 0.315 e. The number of thioether (sulfide) groups is 1. The Kier molecular flexibility index (Phi) is 16.8. The summed E-state index contributed by atoms with van der Waals surface area (Å²) in [6, 6.07) is 9.05. The topological polar surface area (TPSA) is 209 Å². The van der Waals surface area contributed by atoms with Crippen LogP contribution in [0.25, 0.3) is 5.69 Å². The fourth-order valence-corrected chi connectivity index (χ4v) is 8.09. The molecule has 4 amide bonds. The molecule has 4 atom stereocenters. The minimum Gasteiger partial charge on any atom is -0.480 e. The van der Waals surface area contributed by atoms with Gasteiger partial charge in [-0.2, -0.15) is 11.8 Å². The molecule has 0 radical (unpaired) electrons. The molecular weight excluding hydrogens is 763 g/mol. The van der Waals surface area contributed by atoms with Crippen LogP contribution in [0.2, 0.25) is 0 Å². The maximum Gasteiger partial charge on any atom is 0.315 e. The van der Waals surface area contributed by atoms with E-state index >= 15 is 0 Å². The number of carbonyl (C=O) groups is 5. The van der Waals surface area contributed by atoms with Crippen molar-refractivity contribution in [3.8, 4) is 11.4 Å². The summed E-state index contributed by atoms with van der Waals surface area (Å²) in [4.78, 5) is 62.5. The highest BCUT2D eigenvalue weighted by Crippen LogP contribution is 2.33. The number of urea groups is 1. The number of ketones is 2. The fraction of sp³-hybridized carbons (Fsp3) is 0.513. The Balaban J connectivity index is 0.972. The largest absolute Gasteiger partial charge is 0.480 e. The number of rotatable bonds is 25. The van der Waals surface area contributed by atoms with Crippen molar-refractivity contribution in [3.63, 3.8) is 0 Å². The average molecular weight is 813 g/mol. The predicted octanol–water partition coefficient (Wildman–Crippen LogP) is 3.17. The Hall–Kier alpha value is -4.94. The van der Waals surface area contributed by atoms with Crippen LogP contribution in [0.4, 0.5) is 13.6 Å². The summed E-state index contributed by atoms with van der Waals surface area (Å²) in [5, 5.41) is 20.2. The first-order chi connectivity index (χ1) is 27.6. The van der Waals surface area contributed by atoms with Crippen LogP contribution in [0.15, 0.2) is 48.7 Å². The molecule has 0 unspecified atom stereocenters. The molecule has 18 heteroatoms. The molecular formula is C39H50F2N8O7S. The van der Waals surface area contributed by atoms with Crippen molar-refractivity contribution in [2.45, 2.75) is 87.6 Å². The average Bonchev–Trinajstić information content (AvgIpc) is 3.93. The molecule has 0 spiro atoms. The van der Waals surface area contributed by atoms with Crippen molar-refractivity contribution in [3.05, 3.63) is 71.6 Å². The van der Waals surface area contributed by atoms with Crippen LogP contribution in [0.1, 0.15) is 73.8 Å². The molecule has 0 aliphatic carbocycles. The summed E-state index contributed by atoms with van der Waals surface area (Å²) in [6.07, 6.45) is 6.95. The highest BCUT2D eigenvalue weighted by atomic mass is 32.2. The number of para-hydroxylation sites is 1. The van der Waals surface area contributed by atoms with E-state index in [0.717, 1.165) is 37.1 Å². The van der Waals surface area contributed by atoms with Crippen molar-refractivity contribution >= 4 is 41.2 Å². The van der Waals surface area contributed by atoms with Gasteiger partial charge in [0.05, 0.1) is 48.9 Å². The van der Waals surface area contributed by atoms with Gasteiger partial charge in [0.2, 0.25) is 5.91 Å². The quantitative estimate of drug-likeness (QED) is 0.0620. The third-order valence-electron chi connectivity index (χ3n) is 9.67. The number of nitrogens with zero attached hydrogens (tertiary/aromatic N) is 3. The van der Waals surface area contributed by atoms with Crippen LogP contribution in [-0.4, -0.2) is 106 Å². The summed E-state index contributed by atoms with van der Waals surface area (Å²) in [5.41, 5.74) is 6.94. The number of Topliss-reactive ketones (excluding diaryl/α,β-unsaturated/α-hetero) is 2. The van der Waals surface area contributed by atoms with Crippen LogP contribution in [-0.2, 0) is 25.5 Å². The molecule has 308 valence electrons. The number of hydrogen-bond acceptors (Lipinski definition) is 11. The number of amides is 4. The summed E-state index contributed by atoms with van der Waals surface area (Å²) in [5.74, 6) is -2.77. The van der Waals surface area contributed by atoms with Crippen LogP contribution < -0.4 is 31.7 Å². The van der Waals surface area contributed by atoms with E-state index in [2.05, 4.69) is 31.6 Å². The van der Waals surface area contributed by atoms with Gasteiger partial charge in [-0.1, -0.05) is 23.8 Å². The molecule has 3 aromatic rings. The van der Waals surface area contributed by atoms with Crippen molar-refractivity contribution in [1.82, 2.24) is 36.3 Å². The molecule has 2 aliphatic rings. The van der Waals surface area contributed by atoms with E-state index < -0.39 is 41.7 Å². The van der Waals surface area contributed by atoms with E-state index in [9.17, 15) is 32.8 Å². The van der Waals surface area contributed by atoms with E-state index in [1.807, 2.05) is 11.8 Å². The number of nitrogens with one attached hydrogen (secondary N) is 4. The lowest BCUT2D eigenvalue weighted by Gasteiger charge is -2.18. The van der Waals surface area contributed by atoms with Gasteiger partial charge in [0.15, 0.2) is 23.2 Å². The Morgan fingerprint density at radius 1 is 1.00 bits per heavy atom. The highest BCUT2D eigenvalue weighted by molar-refractivity contribution is 8.00. The van der Waals surface area contributed by atoms with Gasteiger partial charge in [0.1, 0.15) is 12.4 Å². The molecule has 6 N–H and O–H groups in total. The Bertz CT molecular complexity index is 1830. The number of hydrogen-bond donors (Lipinski definition) is 5. The lowest BCUT2D eigenvalue weighted by Crippen LogP contribution is -2.43. The third-order valence-corrected chi connectivity index (χ3v) is 11.2. The van der Waals surface area contributed by atoms with E-state index in [1.54, 1.807) is 30.5 Å². The molecule has 0 saturated carbocycles. The first-order valence-electron chi connectivity index (χ1n) is 19.3. The van der Waals surface area contributed by atoms with Crippen molar-refractivity contribution in [2.24, 2.45) is 5.73 Å². The first-order valence-corrected chi connectivity index (χ1v) is 20.3. The Morgan fingerprint density at radius 3 is 2.61 bits per heavy atom. The summed E-state index contributed by atoms with van der Waals surface area (Å²) >= 11 is 1.87. The summed E-state index contributed by atoms with van der Waals surface area (Å²) < 4.78 is 40.2. The maximum absolute atomic E-state index is 14.0. The number of aromatic nitrogens is 3. The molecule has 15 nitrogen and oxygen atoms in total. The molecule has 2 aliphatic heterocycles. The molecule has 3 heterocycles. The van der Waals surface area contributed by atoms with Gasteiger partial charge in [-0.05, 0) is 69.0 Å². The normalized spacial score (nSPS) is 17.7. The number of halogens is 2. The van der Waals surface area contributed by atoms with Crippen molar-refractivity contribution in [2.75, 3.05) is 38.7 Å². The van der Waals surface area contributed by atoms with Crippen LogP contribution in [0, 0.1) is 11.6 Å². The van der Waals surface area contributed by atoms with Crippen molar-refractivity contribution in [1.29, 1.82) is 0 Å². The molecule has 57 heavy (non-hydrogen) atoms. The van der Waals surface area contributed by atoms with Gasteiger partial charge in [-0.25, -0.2) is 18.3 Å². The minimum atomic E-state index is -0.983. The molecule has 2 fully saturated rings. The second-order valence-corrected chi connectivity index (χ2v) is 15.2. The highest BCUT2D eigenvalue weighted by Gasteiger charge is 2.42. The molecule has 5 rings (SSSR count). The number of aryl methyl sites for hydroxylation is 1. The molecule has 1 aromatic heterocycles. The summed E-state index contributed by atoms with van der Waals surface area (Å²) in [6.45, 7) is 0.647. The van der Waals surface area contributed by atoms with E-state index in [-0.39, 0.29) is 61.2 Å². The number of ether oxygens (including phenoxy) is 2. The van der Waals surface area contributed by atoms with Gasteiger partial charge in [0.25, 0.3) is 5.91 Å². The van der Waals surface area contributed by atoms with E-state index in [4.69, 9.17) is 15.2 Å². The standard InChI is InChI=1S/C39H50F2N8O7S/c40-29-9-6-10-30(41)37(29)56-23-33(51)31(11-3-4-17-42)44-38(53)25-7-5-8-27(21-25)49-22-26(47-48-49)14-15-28(50)16-19-55-20-18-43-35(52)13-2-1-12-34-36-32(24-57-34)45-39(54)46-36/h5-10,21-22,31-32,34,36H,1-4,11-20,23-24,42H2,(H,43,52)(H,44,53)(H2,45,46,54)/t31-,32-,34-,36-/m0/s1. The van der Waals surface area contributed by atoms with Crippen molar-refractivity contribution < 1.29 is 42.2 Å². The van der Waals surface area contributed by atoms with Crippen LogP contribution in [0.5, 0.6) is 5.75 Å². The van der Waals surface area contributed by atoms with Gasteiger partial charge in [-0.3, -0.25) is 19.2 Å². The van der Waals surface area contributed by atoms with Gasteiger partial charge >= 0.3 is 6.03 Å². The Morgan fingerprint density at radius 2 is 1.81 bits per heavy atom. The molecule has 2 saturated heterocycles. The summed E-state index contributed by atoms with van der Waals surface area (Å²) in [7, 11) is 0. The van der Waals surface area contributed by atoms with E-state index in [0.29, 0.717) is 62.0 Å². The monoisotopic (exact) mass is 812 g/mol. The van der Waals surface area contributed by atoms with Gasteiger partial charge < -0.3 is 36.5 Å². The maximum atomic E-state index is 14.0. The van der Waals surface area contributed by atoms with Gasteiger partial charge in [0, 0.05) is 48.8 Å². The second-order valence-electron chi connectivity index (χ2n) is 13.9. The number of unbranched alkanes of at least 4 members (excludes halogenated alkanes) is 2. The molecule has 0 bridgehead atoms. The second kappa shape index (κ2) is 22.1. The zero-order valence-electron chi connectivity index (χ0n) is 31.7. The number of fused-ring (bicyclic) bond motifs is 1. The first kappa shape index (κ1) is 43.2. The third kappa shape index (κ3) is 13.3. The van der Waals surface area contributed by atoms with E-state index in [1.165, 1.54) is 10.7 Å². The van der Waals surface area contributed by atoms with Gasteiger partial charge in [-0.15, -0.1) is 5.10 Å². The zero-order chi connectivity index (χ0) is 40.6. The number of benzene rings is 2. The lowest BCUT2D eigenvalue weighted by atomic mass is 10.0. The number of carbonyl (C=O) groups excluding carboxylic acids is 5. The fourth-order valence-electron chi connectivity index (χ4n) is 6.55. The number of nitrogens with two attached hydrogens (primary N) is 1. The van der Waals surface area contributed by atoms with Crippen LogP contribution >= 0.6 is 11.8 Å². The van der Waals surface area contributed by atoms with Crippen LogP contribution in [0.3, 0.4) is 0 Å². The molecule has 2 aromatic carbocycles.